The van der Waals surface area contributed by atoms with Crippen LogP contribution in [0.1, 0.15) is 18.5 Å². The van der Waals surface area contributed by atoms with Crippen molar-refractivity contribution in [2.45, 2.75) is 17.9 Å². The lowest BCUT2D eigenvalue weighted by Gasteiger charge is -2.16. The predicted octanol–water partition coefficient (Wildman–Crippen LogP) is 4.39. The molecule has 0 aromatic heterocycles. The average molecular weight is 456 g/mol. The van der Waals surface area contributed by atoms with Crippen LogP contribution in [0.15, 0.2) is 77.7 Å². The molecule has 3 N–H and O–H groups in total. The summed E-state index contributed by atoms with van der Waals surface area (Å²) in [4.78, 5) is 12.2. The van der Waals surface area contributed by atoms with Gasteiger partial charge in [-0.2, -0.15) is 0 Å². The van der Waals surface area contributed by atoms with Gasteiger partial charge in [-0.3, -0.25) is 0 Å². The molecular formula is C23H25N3O5S. The van der Waals surface area contributed by atoms with Crippen LogP contribution in [0.25, 0.3) is 0 Å². The summed E-state index contributed by atoms with van der Waals surface area (Å²) in [5.41, 5.74) is 2.00. The number of nitrogens with one attached hydrogen (secondary N) is 3. The zero-order chi connectivity index (χ0) is 23.1. The van der Waals surface area contributed by atoms with Crippen molar-refractivity contribution >= 4 is 27.4 Å². The second-order valence-electron chi connectivity index (χ2n) is 6.93. The molecule has 0 fully saturated rings. The number of hydrogen-bond acceptors (Lipinski definition) is 5. The van der Waals surface area contributed by atoms with Crippen LogP contribution in [-0.2, 0) is 10.0 Å². The molecule has 0 saturated heterocycles. The minimum Gasteiger partial charge on any atom is -0.493 e. The van der Waals surface area contributed by atoms with Crippen LogP contribution >= 0.6 is 0 Å². The van der Waals surface area contributed by atoms with E-state index in [9.17, 15) is 13.2 Å². The van der Waals surface area contributed by atoms with E-state index in [-0.39, 0.29) is 10.9 Å². The zero-order valence-corrected chi connectivity index (χ0v) is 18.8. The van der Waals surface area contributed by atoms with E-state index in [0.717, 1.165) is 5.56 Å². The molecule has 0 heterocycles. The first-order valence-electron chi connectivity index (χ1n) is 9.80. The average Bonchev–Trinajstić information content (AvgIpc) is 2.79. The van der Waals surface area contributed by atoms with Gasteiger partial charge in [-0.25, -0.2) is 17.9 Å². The normalized spacial score (nSPS) is 12.0. The molecule has 0 aliphatic heterocycles. The number of para-hydroxylation sites is 1. The lowest BCUT2D eigenvalue weighted by molar-refractivity contribution is 0.262. The summed E-state index contributed by atoms with van der Waals surface area (Å²) in [5, 5.41) is 5.47. The largest absolute Gasteiger partial charge is 0.493 e. The van der Waals surface area contributed by atoms with Crippen molar-refractivity contribution in [3.63, 3.8) is 0 Å². The number of anilines is 2. The van der Waals surface area contributed by atoms with E-state index in [1.165, 1.54) is 26.4 Å². The third-order valence-electron chi connectivity index (χ3n) is 4.70. The van der Waals surface area contributed by atoms with E-state index in [1.807, 2.05) is 18.2 Å². The van der Waals surface area contributed by atoms with Crippen molar-refractivity contribution in [2.24, 2.45) is 0 Å². The molecule has 8 nitrogen and oxygen atoms in total. The molecule has 0 radical (unpaired) electrons. The van der Waals surface area contributed by atoms with Gasteiger partial charge in [0, 0.05) is 23.5 Å². The second kappa shape index (κ2) is 10.2. The Labute approximate surface area is 187 Å². The van der Waals surface area contributed by atoms with Crippen molar-refractivity contribution in [3.05, 3.63) is 78.4 Å². The maximum absolute atomic E-state index is 12.8. The highest BCUT2D eigenvalue weighted by Gasteiger charge is 2.20. The van der Waals surface area contributed by atoms with Crippen molar-refractivity contribution in [2.75, 3.05) is 24.9 Å². The maximum Gasteiger partial charge on any atom is 0.323 e. The third kappa shape index (κ3) is 5.77. The van der Waals surface area contributed by atoms with Gasteiger partial charge in [0.2, 0.25) is 10.0 Å². The van der Waals surface area contributed by atoms with Crippen LogP contribution in [0.4, 0.5) is 16.2 Å². The first-order chi connectivity index (χ1) is 15.3. The zero-order valence-electron chi connectivity index (χ0n) is 18.0. The van der Waals surface area contributed by atoms with Crippen LogP contribution in [0.5, 0.6) is 11.5 Å². The first-order valence-corrected chi connectivity index (χ1v) is 11.3. The smallest absolute Gasteiger partial charge is 0.323 e. The summed E-state index contributed by atoms with van der Waals surface area (Å²) in [6.45, 7) is 1.74. The Bertz CT molecular complexity index is 1170. The Morgan fingerprint density at radius 3 is 2.00 bits per heavy atom. The Morgan fingerprint density at radius 2 is 1.41 bits per heavy atom. The van der Waals surface area contributed by atoms with Gasteiger partial charge < -0.3 is 20.1 Å². The van der Waals surface area contributed by atoms with E-state index in [1.54, 1.807) is 49.4 Å². The van der Waals surface area contributed by atoms with E-state index in [0.29, 0.717) is 22.9 Å². The summed E-state index contributed by atoms with van der Waals surface area (Å²) < 4.78 is 38.6. The van der Waals surface area contributed by atoms with Gasteiger partial charge in [0.1, 0.15) is 0 Å². The van der Waals surface area contributed by atoms with Crippen LogP contribution in [-0.4, -0.2) is 28.7 Å². The van der Waals surface area contributed by atoms with E-state index < -0.39 is 16.1 Å². The number of urea groups is 1. The Hall–Kier alpha value is -3.56. The number of ether oxygens (including phenoxy) is 2. The number of hydrogen-bond donors (Lipinski definition) is 3. The SMILES string of the molecule is COc1ccc(S(=O)(=O)NC(C)c2ccc(NC(=O)Nc3ccccc3)cc2)cc1OC. The summed E-state index contributed by atoms with van der Waals surface area (Å²) >= 11 is 0. The minimum atomic E-state index is -3.79. The van der Waals surface area contributed by atoms with Crippen molar-refractivity contribution in [3.8, 4) is 11.5 Å². The van der Waals surface area contributed by atoms with Gasteiger partial charge in [-0.15, -0.1) is 0 Å². The molecule has 9 heteroatoms. The second-order valence-corrected chi connectivity index (χ2v) is 8.64. The van der Waals surface area contributed by atoms with Crippen LogP contribution in [0, 0.1) is 0 Å². The van der Waals surface area contributed by atoms with Gasteiger partial charge >= 0.3 is 6.03 Å². The molecule has 3 aromatic rings. The molecular weight excluding hydrogens is 430 g/mol. The highest BCUT2D eigenvalue weighted by molar-refractivity contribution is 7.89. The summed E-state index contributed by atoms with van der Waals surface area (Å²) in [6, 6.07) is 19.5. The number of carbonyl (C=O) groups excluding carboxylic acids is 1. The fourth-order valence-corrected chi connectivity index (χ4v) is 4.27. The standard InChI is InChI=1S/C23H25N3O5S/c1-16(26-32(28,29)20-13-14-21(30-2)22(15-20)31-3)17-9-11-19(12-10-17)25-23(27)24-18-7-5-4-6-8-18/h4-16,26H,1-3H3,(H2,24,25,27). The lowest BCUT2D eigenvalue weighted by atomic mass is 10.1. The molecule has 0 aliphatic carbocycles. The maximum atomic E-state index is 12.8. The number of methoxy groups -OCH3 is 2. The van der Waals surface area contributed by atoms with Gasteiger partial charge in [0.05, 0.1) is 19.1 Å². The van der Waals surface area contributed by atoms with Crippen molar-refractivity contribution in [1.82, 2.24) is 4.72 Å². The van der Waals surface area contributed by atoms with Gasteiger partial charge in [-0.05, 0) is 48.9 Å². The summed E-state index contributed by atoms with van der Waals surface area (Å²) in [5.74, 6) is 0.770. The Kier molecular flexibility index (Phi) is 7.34. The molecule has 1 atom stereocenters. The molecule has 0 aliphatic rings. The first kappa shape index (κ1) is 23.1. The summed E-state index contributed by atoms with van der Waals surface area (Å²) in [7, 11) is -0.867. The number of sulfonamides is 1. The molecule has 2 amide bonds. The highest BCUT2D eigenvalue weighted by atomic mass is 32.2. The van der Waals surface area contributed by atoms with Crippen LogP contribution in [0.2, 0.25) is 0 Å². The highest BCUT2D eigenvalue weighted by Crippen LogP contribution is 2.30. The Morgan fingerprint density at radius 1 is 0.812 bits per heavy atom. The Balaban J connectivity index is 1.65. The molecule has 3 aromatic carbocycles. The quantitative estimate of drug-likeness (QED) is 0.467. The molecule has 32 heavy (non-hydrogen) atoms. The van der Waals surface area contributed by atoms with E-state index in [2.05, 4.69) is 15.4 Å². The van der Waals surface area contributed by atoms with Gasteiger partial charge in [0.15, 0.2) is 11.5 Å². The molecule has 3 rings (SSSR count). The van der Waals surface area contributed by atoms with E-state index >= 15 is 0 Å². The minimum absolute atomic E-state index is 0.0675. The monoisotopic (exact) mass is 455 g/mol. The van der Waals surface area contributed by atoms with Crippen molar-refractivity contribution in [1.29, 1.82) is 0 Å². The number of rotatable bonds is 8. The van der Waals surface area contributed by atoms with Gasteiger partial charge in [-0.1, -0.05) is 30.3 Å². The number of benzene rings is 3. The van der Waals surface area contributed by atoms with Crippen molar-refractivity contribution < 1.29 is 22.7 Å². The lowest BCUT2D eigenvalue weighted by Crippen LogP contribution is -2.27. The predicted molar refractivity (Wildman–Crippen MR) is 124 cm³/mol. The molecule has 0 bridgehead atoms. The van der Waals surface area contributed by atoms with Crippen LogP contribution < -0.4 is 24.8 Å². The number of carbonyl (C=O) groups is 1. The number of amides is 2. The molecule has 1 unspecified atom stereocenters. The topological polar surface area (TPSA) is 106 Å². The van der Waals surface area contributed by atoms with Gasteiger partial charge in [0.25, 0.3) is 0 Å². The van der Waals surface area contributed by atoms with E-state index in [4.69, 9.17) is 9.47 Å². The molecule has 168 valence electrons. The third-order valence-corrected chi connectivity index (χ3v) is 6.24. The molecule has 0 spiro atoms. The fourth-order valence-electron chi connectivity index (χ4n) is 3.02. The molecule has 0 saturated carbocycles. The fraction of sp³-hybridized carbons (Fsp3) is 0.174. The van der Waals surface area contributed by atoms with Crippen LogP contribution in [0.3, 0.4) is 0 Å². The summed E-state index contributed by atoms with van der Waals surface area (Å²) in [6.07, 6.45) is 0.